The second-order valence-electron chi connectivity index (χ2n) is 11.0. The fraction of sp³-hybridized carbons (Fsp3) is 0.571. The summed E-state index contributed by atoms with van der Waals surface area (Å²) in [5, 5.41) is 3.73. The number of hydrogen-bond donors (Lipinski definition) is 1. The molecule has 4 heterocycles. The minimum atomic E-state index is -0.435. The zero-order valence-electron chi connectivity index (χ0n) is 24.0. The molecule has 1 N–H and O–H groups in total. The average molecular weight is 563 g/mol. The third-order valence-corrected chi connectivity index (χ3v) is 5.53. The Kier molecular flexibility index (Phi) is 12.7. The van der Waals surface area contributed by atoms with Crippen molar-refractivity contribution in [1.29, 1.82) is 0 Å². The number of hydrogen-bond acceptors (Lipinski definition) is 8. The highest BCUT2D eigenvalue weighted by atomic mass is 35.5. The van der Waals surface area contributed by atoms with Crippen molar-refractivity contribution in [3.05, 3.63) is 53.9 Å². The van der Waals surface area contributed by atoms with Gasteiger partial charge in [0.1, 0.15) is 22.2 Å². The number of halogens is 1. The number of nitrogens with zero attached hydrogens (tertiary/aromatic N) is 5. The van der Waals surface area contributed by atoms with Gasteiger partial charge in [0.15, 0.2) is 0 Å². The van der Waals surface area contributed by atoms with Gasteiger partial charge in [-0.15, -0.1) is 0 Å². The van der Waals surface area contributed by atoms with E-state index in [2.05, 4.69) is 20.2 Å². The quantitative estimate of drug-likeness (QED) is 0.499. The van der Waals surface area contributed by atoms with Crippen LogP contribution in [0.2, 0.25) is 5.15 Å². The summed E-state index contributed by atoms with van der Waals surface area (Å²) in [6.45, 7) is 17.4. The predicted octanol–water partition coefficient (Wildman–Crippen LogP) is 4.70. The molecule has 0 unspecified atom stereocenters. The van der Waals surface area contributed by atoms with E-state index in [1.54, 1.807) is 28.3 Å². The van der Waals surface area contributed by atoms with Gasteiger partial charge in [-0.1, -0.05) is 23.7 Å². The molecule has 0 radical (unpaired) electrons. The van der Waals surface area contributed by atoms with E-state index in [0.29, 0.717) is 18.2 Å². The average Bonchev–Trinajstić information content (AvgIpc) is 2.89. The van der Waals surface area contributed by atoms with E-state index < -0.39 is 5.60 Å². The summed E-state index contributed by atoms with van der Waals surface area (Å²) >= 11 is 5.43. The van der Waals surface area contributed by atoms with Crippen molar-refractivity contribution >= 4 is 29.6 Å². The fourth-order valence-corrected chi connectivity index (χ4v) is 3.63. The topological polar surface area (TPSA) is 100 Å². The lowest BCUT2D eigenvalue weighted by atomic mass is 10.2. The Bertz CT molecular complexity index is 985. The highest BCUT2D eigenvalue weighted by molar-refractivity contribution is 6.29. The second-order valence-corrected chi connectivity index (χ2v) is 11.4. The zero-order chi connectivity index (χ0) is 28.9. The summed E-state index contributed by atoms with van der Waals surface area (Å²) in [4.78, 5) is 37.2. The largest absolute Gasteiger partial charge is 0.444 e. The number of carbonyl (C=O) groups is 2. The van der Waals surface area contributed by atoms with Crippen LogP contribution in [0, 0.1) is 0 Å². The highest BCUT2D eigenvalue weighted by Gasteiger charge is 2.26. The molecule has 0 bridgehead atoms. The Balaban J connectivity index is 0.000000229. The van der Waals surface area contributed by atoms with Gasteiger partial charge in [0, 0.05) is 64.8 Å². The van der Waals surface area contributed by atoms with Crippen LogP contribution in [-0.2, 0) is 9.47 Å². The molecular weight excluding hydrogens is 520 g/mol. The fourth-order valence-electron chi connectivity index (χ4n) is 3.50. The summed E-state index contributed by atoms with van der Waals surface area (Å²) in [6, 6.07) is 11.3. The van der Waals surface area contributed by atoms with Crippen molar-refractivity contribution < 1.29 is 19.1 Å². The van der Waals surface area contributed by atoms with Gasteiger partial charge in [-0.25, -0.2) is 19.6 Å². The number of piperazine rings is 2. The molecule has 2 saturated heterocycles. The van der Waals surface area contributed by atoms with E-state index in [-0.39, 0.29) is 17.8 Å². The summed E-state index contributed by atoms with van der Waals surface area (Å²) in [6.07, 6.45) is 3.01. The molecule has 2 aromatic rings. The maximum Gasteiger partial charge on any atom is 0.410 e. The normalized spacial score (nSPS) is 15.7. The molecule has 4 rings (SSSR count). The van der Waals surface area contributed by atoms with Crippen molar-refractivity contribution in [2.45, 2.75) is 52.7 Å². The van der Waals surface area contributed by atoms with Crippen LogP contribution < -0.4 is 10.2 Å². The Hall–Kier alpha value is -3.11. The SMILES string of the molecule is CC(C)(C)OC(=O)N1CCN(c2ccccn2)CC1.CC(C)(C)OC(=O)N1CCNCC1.Clc1ccccn1. The first-order chi connectivity index (χ1) is 18.3. The summed E-state index contributed by atoms with van der Waals surface area (Å²) in [5.74, 6) is 0.964. The van der Waals surface area contributed by atoms with Crippen LogP contribution >= 0.6 is 11.6 Å². The molecule has 0 aliphatic carbocycles. The minimum absolute atomic E-state index is 0.200. The van der Waals surface area contributed by atoms with Crippen molar-refractivity contribution in [2.24, 2.45) is 0 Å². The van der Waals surface area contributed by atoms with E-state index in [1.165, 1.54) is 0 Å². The molecule has 216 valence electrons. The number of ether oxygens (including phenoxy) is 2. The Morgan fingerprint density at radius 1 is 0.744 bits per heavy atom. The second kappa shape index (κ2) is 15.5. The molecule has 2 aromatic heterocycles. The highest BCUT2D eigenvalue weighted by Crippen LogP contribution is 2.15. The molecule has 0 saturated carbocycles. The van der Waals surface area contributed by atoms with Gasteiger partial charge in [-0.2, -0.15) is 0 Å². The molecule has 10 nitrogen and oxygen atoms in total. The number of amides is 2. The number of anilines is 1. The molecule has 0 aromatic carbocycles. The van der Waals surface area contributed by atoms with Crippen LogP contribution in [0.1, 0.15) is 41.5 Å². The van der Waals surface area contributed by atoms with Crippen LogP contribution in [0.5, 0.6) is 0 Å². The maximum absolute atomic E-state index is 11.9. The molecule has 39 heavy (non-hydrogen) atoms. The lowest BCUT2D eigenvalue weighted by molar-refractivity contribution is 0.0223. The number of nitrogens with one attached hydrogen (secondary N) is 1. The first kappa shape index (κ1) is 32.1. The van der Waals surface area contributed by atoms with Crippen LogP contribution in [-0.4, -0.2) is 95.5 Å². The molecule has 2 amide bonds. The smallest absolute Gasteiger partial charge is 0.410 e. The lowest BCUT2D eigenvalue weighted by Crippen LogP contribution is -2.50. The summed E-state index contributed by atoms with van der Waals surface area (Å²) in [7, 11) is 0. The molecule has 0 atom stereocenters. The van der Waals surface area contributed by atoms with Gasteiger partial charge in [-0.05, 0) is 65.8 Å². The Morgan fingerprint density at radius 2 is 1.23 bits per heavy atom. The van der Waals surface area contributed by atoms with E-state index >= 15 is 0 Å². The Labute approximate surface area is 237 Å². The molecule has 0 spiro atoms. The number of rotatable bonds is 1. The third-order valence-electron chi connectivity index (χ3n) is 5.30. The number of aromatic nitrogens is 2. The zero-order valence-corrected chi connectivity index (χ0v) is 24.8. The van der Waals surface area contributed by atoms with Gasteiger partial charge >= 0.3 is 12.2 Å². The number of carbonyl (C=O) groups excluding carboxylic acids is 2. The van der Waals surface area contributed by atoms with Gasteiger partial charge in [0.25, 0.3) is 0 Å². The first-order valence-corrected chi connectivity index (χ1v) is 13.6. The summed E-state index contributed by atoms with van der Waals surface area (Å²) in [5.41, 5.74) is -0.822. The molecule has 2 fully saturated rings. The third kappa shape index (κ3) is 13.5. The lowest BCUT2D eigenvalue weighted by Gasteiger charge is -2.36. The minimum Gasteiger partial charge on any atom is -0.444 e. The first-order valence-electron chi connectivity index (χ1n) is 13.2. The Morgan fingerprint density at radius 3 is 1.62 bits per heavy atom. The van der Waals surface area contributed by atoms with Crippen LogP contribution in [0.25, 0.3) is 0 Å². The van der Waals surface area contributed by atoms with E-state index in [9.17, 15) is 9.59 Å². The van der Waals surface area contributed by atoms with Crippen molar-refractivity contribution in [2.75, 3.05) is 57.3 Å². The monoisotopic (exact) mass is 562 g/mol. The predicted molar refractivity (Wildman–Crippen MR) is 154 cm³/mol. The van der Waals surface area contributed by atoms with Crippen LogP contribution in [0.4, 0.5) is 15.4 Å². The number of pyridine rings is 2. The standard InChI is InChI=1S/C14H21N3O2.C9H18N2O2.C5H4ClN/c1-14(2,3)19-13(18)17-10-8-16(9-11-17)12-6-4-5-7-15-12;1-9(2,3)13-8(12)11-6-4-10-5-7-11;6-5-3-1-2-4-7-5/h4-7H,8-11H2,1-3H3;10H,4-7H2,1-3H3;1-4H. The maximum atomic E-state index is 11.9. The van der Waals surface area contributed by atoms with E-state index in [1.807, 2.05) is 71.9 Å². The van der Waals surface area contributed by atoms with Crippen molar-refractivity contribution in [3.63, 3.8) is 0 Å². The summed E-state index contributed by atoms with van der Waals surface area (Å²) < 4.78 is 10.6. The van der Waals surface area contributed by atoms with Gasteiger partial charge in [0.05, 0.1) is 0 Å². The molecular formula is C28H43ClN6O4. The van der Waals surface area contributed by atoms with Crippen molar-refractivity contribution in [1.82, 2.24) is 25.1 Å². The molecule has 2 aliphatic rings. The van der Waals surface area contributed by atoms with Crippen LogP contribution in [0.3, 0.4) is 0 Å². The van der Waals surface area contributed by atoms with Crippen molar-refractivity contribution in [3.8, 4) is 0 Å². The van der Waals surface area contributed by atoms with E-state index in [4.69, 9.17) is 21.1 Å². The van der Waals surface area contributed by atoms with Gasteiger partial charge in [-0.3, -0.25) is 0 Å². The van der Waals surface area contributed by atoms with E-state index in [0.717, 1.165) is 45.1 Å². The van der Waals surface area contributed by atoms with Gasteiger partial charge < -0.3 is 29.5 Å². The molecule has 11 heteroatoms. The van der Waals surface area contributed by atoms with Crippen LogP contribution in [0.15, 0.2) is 48.8 Å². The van der Waals surface area contributed by atoms with Gasteiger partial charge in [0.2, 0.25) is 0 Å². The molecule has 2 aliphatic heterocycles.